The lowest BCUT2D eigenvalue weighted by Crippen LogP contribution is -2.13. The predicted molar refractivity (Wildman–Crippen MR) is 97.1 cm³/mol. The number of rotatable bonds is 5. The van der Waals surface area contributed by atoms with Crippen molar-refractivity contribution in [2.24, 2.45) is 0 Å². The van der Waals surface area contributed by atoms with Gasteiger partial charge in [0.25, 0.3) is 0 Å². The molecular weight excluding hydrogens is 393 g/mol. The Hall–Kier alpha value is -3.01. The van der Waals surface area contributed by atoms with E-state index in [1.165, 1.54) is 12.1 Å². The van der Waals surface area contributed by atoms with Gasteiger partial charge in [-0.2, -0.15) is 13.2 Å². The van der Waals surface area contributed by atoms with E-state index in [2.05, 4.69) is 20.3 Å². The zero-order valence-electron chi connectivity index (χ0n) is 14.6. The largest absolute Gasteiger partial charge is 0.433 e. The van der Waals surface area contributed by atoms with Crippen molar-refractivity contribution >= 4 is 15.8 Å². The standard InChI is InChI=1S/C18H15F3N4O2S/c1-28(26,27)13-7-8-14(22-11-13)15-9-16(18(19,20)21)25-17(24-15)23-10-12-5-3-2-4-6-12/h2-9,11H,10H2,1H3,(H,23,24,25). The highest BCUT2D eigenvalue weighted by Crippen LogP contribution is 2.31. The lowest BCUT2D eigenvalue weighted by Gasteiger charge is -2.12. The van der Waals surface area contributed by atoms with Crippen molar-refractivity contribution in [3.05, 3.63) is 66.0 Å². The minimum Gasteiger partial charge on any atom is -0.350 e. The molecule has 28 heavy (non-hydrogen) atoms. The number of sulfone groups is 1. The molecule has 1 aromatic carbocycles. The fourth-order valence-corrected chi connectivity index (χ4v) is 2.89. The average molecular weight is 408 g/mol. The summed E-state index contributed by atoms with van der Waals surface area (Å²) in [5, 5.41) is 2.77. The number of pyridine rings is 1. The first kappa shape index (κ1) is 19.7. The number of hydrogen-bond donors (Lipinski definition) is 1. The van der Waals surface area contributed by atoms with Gasteiger partial charge in [-0.15, -0.1) is 0 Å². The molecule has 146 valence electrons. The van der Waals surface area contributed by atoms with Crippen LogP contribution in [0.5, 0.6) is 0 Å². The van der Waals surface area contributed by atoms with Crippen molar-refractivity contribution in [2.75, 3.05) is 11.6 Å². The molecule has 0 aliphatic carbocycles. The molecule has 2 heterocycles. The number of hydrogen-bond acceptors (Lipinski definition) is 6. The van der Waals surface area contributed by atoms with E-state index in [-0.39, 0.29) is 28.8 Å². The number of alkyl halides is 3. The third-order valence-corrected chi connectivity index (χ3v) is 4.83. The Bertz CT molecular complexity index is 1070. The lowest BCUT2D eigenvalue weighted by atomic mass is 10.2. The number of nitrogens with one attached hydrogen (secondary N) is 1. The van der Waals surface area contributed by atoms with E-state index in [0.29, 0.717) is 0 Å². The van der Waals surface area contributed by atoms with E-state index in [1.54, 1.807) is 0 Å². The average Bonchev–Trinajstić information content (AvgIpc) is 2.66. The molecule has 0 atom stereocenters. The zero-order valence-corrected chi connectivity index (χ0v) is 15.4. The fraction of sp³-hybridized carbons (Fsp3) is 0.167. The second kappa shape index (κ2) is 7.55. The number of nitrogens with zero attached hydrogens (tertiary/aromatic N) is 3. The molecular formula is C18H15F3N4O2S. The quantitative estimate of drug-likeness (QED) is 0.695. The lowest BCUT2D eigenvalue weighted by molar-refractivity contribution is -0.141. The summed E-state index contributed by atoms with van der Waals surface area (Å²) in [5.74, 6) is -0.206. The molecule has 0 spiro atoms. The van der Waals surface area contributed by atoms with Crippen LogP contribution in [0.1, 0.15) is 11.3 Å². The summed E-state index contributed by atoms with van der Waals surface area (Å²) in [4.78, 5) is 11.5. The Kier molecular flexibility index (Phi) is 5.32. The molecule has 0 fully saturated rings. The van der Waals surface area contributed by atoms with Gasteiger partial charge in [0, 0.05) is 19.0 Å². The SMILES string of the molecule is CS(=O)(=O)c1ccc(-c2cc(C(F)(F)F)nc(NCc3ccccc3)n2)nc1. The molecule has 1 N–H and O–H groups in total. The summed E-state index contributed by atoms with van der Waals surface area (Å²) in [7, 11) is -3.47. The first-order chi connectivity index (χ1) is 13.1. The maximum absolute atomic E-state index is 13.2. The Labute approximate surface area is 159 Å². The molecule has 0 bridgehead atoms. The van der Waals surface area contributed by atoms with E-state index in [0.717, 1.165) is 24.1 Å². The van der Waals surface area contributed by atoms with E-state index in [1.807, 2.05) is 30.3 Å². The number of halogens is 3. The van der Waals surface area contributed by atoms with Gasteiger partial charge in [-0.3, -0.25) is 4.98 Å². The predicted octanol–water partition coefficient (Wildman–Crippen LogP) is 3.57. The van der Waals surface area contributed by atoms with Crippen molar-refractivity contribution in [3.63, 3.8) is 0 Å². The van der Waals surface area contributed by atoms with Crippen LogP contribution in [0.25, 0.3) is 11.4 Å². The smallest absolute Gasteiger partial charge is 0.350 e. The molecule has 3 rings (SSSR count). The molecule has 0 saturated carbocycles. The van der Waals surface area contributed by atoms with Gasteiger partial charge in [0.2, 0.25) is 5.95 Å². The second-order valence-electron chi connectivity index (χ2n) is 5.95. The van der Waals surface area contributed by atoms with Gasteiger partial charge < -0.3 is 5.32 Å². The van der Waals surface area contributed by atoms with Crippen molar-refractivity contribution < 1.29 is 21.6 Å². The highest BCUT2D eigenvalue weighted by atomic mass is 32.2. The van der Waals surface area contributed by atoms with Gasteiger partial charge in [0.15, 0.2) is 15.5 Å². The Balaban J connectivity index is 1.96. The summed E-state index contributed by atoms with van der Waals surface area (Å²) >= 11 is 0. The minimum atomic E-state index is -4.67. The second-order valence-corrected chi connectivity index (χ2v) is 7.97. The van der Waals surface area contributed by atoms with Crippen LogP contribution in [0.15, 0.2) is 59.6 Å². The van der Waals surface area contributed by atoms with Crippen molar-refractivity contribution in [3.8, 4) is 11.4 Å². The van der Waals surface area contributed by atoms with Crippen LogP contribution in [0.4, 0.5) is 19.1 Å². The Morgan fingerprint density at radius 2 is 1.71 bits per heavy atom. The highest BCUT2D eigenvalue weighted by Gasteiger charge is 2.34. The van der Waals surface area contributed by atoms with Gasteiger partial charge in [-0.25, -0.2) is 18.4 Å². The third-order valence-electron chi connectivity index (χ3n) is 3.74. The molecule has 0 unspecified atom stereocenters. The van der Waals surface area contributed by atoms with Gasteiger partial charge in [-0.1, -0.05) is 30.3 Å². The van der Waals surface area contributed by atoms with Crippen LogP contribution >= 0.6 is 0 Å². The Morgan fingerprint density at radius 3 is 2.29 bits per heavy atom. The van der Waals surface area contributed by atoms with Crippen molar-refractivity contribution in [1.82, 2.24) is 15.0 Å². The molecule has 3 aromatic rings. The zero-order chi connectivity index (χ0) is 20.4. The monoisotopic (exact) mass is 408 g/mol. The number of anilines is 1. The summed E-state index contributed by atoms with van der Waals surface area (Å²) in [6, 6.07) is 12.4. The van der Waals surface area contributed by atoms with Gasteiger partial charge >= 0.3 is 6.18 Å². The van der Waals surface area contributed by atoms with Crippen LogP contribution in [0.2, 0.25) is 0 Å². The molecule has 0 radical (unpaired) electrons. The summed E-state index contributed by atoms with van der Waals surface area (Å²) in [6.45, 7) is 0.238. The van der Waals surface area contributed by atoms with E-state index < -0.39 is 21.7 Å². The minimum absolute atomic E-state index is 0.0382. The maximum atomic E-state index is 13.2. The number of aromatic nitrogens is 3. The molecule has 0 aliphatic rings. The Morgan fingerprint density at radius 1 is 1.00 bits per heavy atom. The van der Waals surface area contributed by atoms with Gasteiger partial charge in [-0.05, 0) is 23.8 Å². The number of benzene rings is 1. The first-order valence-corrected chi connectivity index (χ1v) is 9.92. The summed E-state index contributed by atoms with van der Waals surface area (Å²) < 4.78 is 62.7. The van der Waals surface area contributed by atoms with E-state index >= 15 is 0 Å². The van der Waals surface area contributed by atoms with E-state index in [9.17, 15) is 21.6 Å². The van der Waals surface area contributed by atoms with E-state index in [4.69, 9.17) is 0 Å². The topological polar surface area (TPSA) is 84.8 Å². The van der Waals surface area contributed by atoms with Gasteiger partial charge in [0.05, 0.1) is 16.3 Å². The molecule has 10 heteroatoms. The van der Waals surface area contributed by atoms with Gasteiger partial charge in [0.1, 0.15) is 0 Å². The van der Waals surface area contributed by atoms with Crippen LogP contribution in [0, 0.1) is 0 Å². The molecule has 0 saturated heterocycles. The first-order valence-electron chi connectivity index (χ1n) is 8.03. The van der Waals surface area contributed by atoms with Crippen LogP contribution in [-0.2, 0) is 22.6 Å². The fourth-order valence-electron chi connectivity index (χ4n) is 2.33. The summed E-state index contributed by atoms with van der Waals surface area (Å²) in [5.41, 5.74) is -0.247. The van der Waals surface area contributed by atoms with Crippen LogP contribution in [0.3, 0.4) is 0 Å². The molecule has 2 aromatic heterocycles. The highest BCUT2D eigenvalue weighted by molar-refractivity contribution is 7.90. The third kappa shape index (κ3) is 4.83. The molecule has 6 nitrogen and oxygen atoms in total. The summed E-state index contributed by atoms with van der Waals surface area (Å²) in [6.07, 6.45) is -2.58. The molecule has 0 amide bonds. The van der Waals surface area contributed by atoms with Crippen LogP contribution < -0.4 is 5.32 Å². The van der Waals surface area contributed by atoms with Crippen LogP contribution in [-0.4, -0.2) is 29.6 Å². The van der Waals surface area contributed by atoms with Crippen molar-refractivity contribution in [2.45, 2.75) is 17.6 Å². The molecule has 0 aliphatic heterocycles. The maximum Gasteiger partial charge on any atom is 0.433 e. The van der Waals surface area contributed by atoms with Crippen molar-refractivity contribution in [1.29, 1.82) is 0 Å². The normalized spacial score (nSPS) is 12.0.